The first-order valence-electron chi connectivity index (χ1n) is 8.85. The second kappa shape index (κ2) is 9.98. The van der Waals surface area contributed by atoms with E-state index in [1.165, 1.54) is 7.11 Å². The van der Waals surface area contributed by atoms with E-state index in [0.29, 0.717) is 18.0 Å². The molecule has 0 fully saturated rings. The minimum Gasteiger partial charge on any atom is -0.497 e. The van der Waals surface area contributed by atoms with E-state index in [4.69, 9.17) is 9.47 Å². The normalized spacial score (nSPS) is 11.0. The number of nitrogens with one attached hydrogen (secondary N) is 1. The summed E-state index contributed by atoms with van der Waals surface area (Å²) in [7, 11) is -0.493. The Labute approximate surface area is 166 Å². The van der Waals surface area contributed by atoms with E-state index in [-0.39, 0.29) is 12.5 Å². The summed E-state index contributed by atoms with van der Waals surface area (Å²) >= 11 is 0. The van der Waals surface area contributed by atoms with Crippen molar-refractivity contribution in [3.8, 4) is 11.5 Å². The number of hydrogen-bond acceptors (Lipinski definition) is 5. The number of carbonyl (C=O) groups is 1. The summed E-state index contributed by atoms with van der Waals surface area (Å²) in [6.45, 7) is 0.176. The third kappa shape index (κ3) is 6.45. The Morgan fingerprint density at radius 1 is 1.04 bits per heavy atom. The molecule has 1 N–H and O–H groups in total. The maximum atomic E-state index is 12.3. The number of carbonyl (C=O) groups excluding carboxylic acids is 1. The van der Waals surface area contributed by atoms with Gasteiger partial charge in [-0.25, -0.2) is 8.42 Å². The molecule has 0 saturated carbocycles. The van der Waals surface area contributed by atoms with Crippen LogP contribution in [0, 0.1) is 0 Å². The van der Waals surface area contributed by atoms with Gasteiger partial charge in [-0.05, 0) is 42.7 Å². The molecule has 28 heavy (non-hydrogen) atoms. The summed E-state index contributed by atoms with van der Waals surface area (Å²) < 4.78 is 35.6. The second-order valence-corrected chi connectivity index (χ2v) is 8.18. The number of amides is 1. The molecule has 0 heterocycles. The predicted octanol–water partition coefficient (Wildman–Crippen LogP) is 2.22. The largest absolute Gasteiger partial charge is 0.497 e. The first-order chi connectivity index (χ1) is 13.3. The van der Waals surface area contributed by atoms with E-state index in [2.05, 4.69) is 5.32 Å². The van der Waals surface area contributed by atoms with Gasteiger partial charge >= 0.3 is 0 Å². The second-order valence-electron chi connectivity index (χ2n) is 6.27. The summed E-state index contributed by atoms with van der Waals surface area (Å²) in [5.41, 5.74) is 1.53. The maximum Gasteiger partial charge on any atom is 0.240 e. The van der Waals surface area contributed by atoms with Gasteiger partial charge in [0.1, 0.15) is 18.0 Å². The van der Waals surface area contributed by atoms with E-state index in [0.717, 1.165) is 34.7 Å². The third-order valence-corrected chi connectivity index (χ3v) is 5.29. The molecule has 8 heteroatoms. The molecule has 0 aliphatic carbocycles. The van der Waals surface area contributed by atoms with Crippen molar-refractivity contribution in [2.24, 2.45) is 0 Å². The van der Waals surface area contributed by atoms with Gasteiger partial charge in [0.15, 0.2) is 0 Å². The lowest BCUT2D eigenvalue weighted by atomic mass is 10.1. The lowest BCUT2D eigenvalue weighted by Gasteiger charge is -2.22. The topological polar surface area (TPSA) is 84.9 Å². The Morgan fingerprint density at radius 2 is 1.71 bits per heavy atom. The zero-order chi connectivity index (χ0) is 20.6. The fraction of sp³-hybridized carbons (Fsp3) is 0.350. The number of nitrogens with zero attached hydrogens (tertiary/aromatic N) is 1. The highest BCUT2D eigenvalue weighted by molar-refractivity contribution is 7.92. The molecule has 2 aromatic carbocycles. The number of anilines is 1. The van der Waals surface area contributed by atoms with Crippen LogP contribution >= 0.6 is 0 Å². The van der Waals surface area contributed by atoms with Crippen molar-refractivity contribution in [2.75, 3.05) is 37.9 Å². The lowest BCUT2D eigenvalue weighted by Crippen LogP contribution is -2.40. The highest BCUT2D eigenvalue weighted by Crippen LogP contribution is 2.22. The first-order valence-corrected chi connectivity index (χ1v) is 10.7. The number of sulfonamides is 1. The van der Waals surface area contributed by atoms with Crippen molar-refractivity contribution in [3.05, 3.63) is 54.1 Å². The Morgan fingerprint density at radius 3 is 2.32 bits per heavy atom. The van der Waals surface area contributed by atoms with Crippen LogP contribution in [-0.4, -0.2) is 47.9 Å². The van der Waals surface area contributed by atoms with Crippen LogP contribution in [0.5, 0.6) is 11.5 Å². The van der Waals surface area contributed by atoms with Crippen molar-refractivity contribution in [2.45, 2.75) is 12.8 Å². The molecule has 2 rings (SSSR count). The minimum atomic E-state index is -3.61. The number of rotatable bonds is 10. The molecule has 0 saturated heterocycles. The van der Waals surface area contributed by atoms with E-state index >= 15 is 0 Å². The predicted molar refractivity (Wildman–Crippen MR) is 110 cm³/mol. The van der Waals surface area contributed by atoms with Crippen molar-refractivity contribution >= 4 is 21.6 Å². The SMILES string of the molecule is COc1ccc(CCCNC(=O)CN(c2cccc(OC)c2)S(C)(=O)=O)cc1. The molecule has 0 atom stereocenters. The highest BCUT2D eigenvalue weighted by Gasteiger charge is 2.21. The Kier molecular flexibility index (Phi) is 7.69. The average Bonchev–Trinajstić information content (AvgIpc) is 2.69. The van der Waals surface area contributed by atoms with Crippen LogP contribution in [-0.2, 0) is 21.2 Å². The summed E-state index contributed by atoms with van der Waals surface area (Å²) in [5.74, 6) is 0.962. The van der Waals surface area contributed by atoms with Crippen molar-refractivity contribution in [1.82, 2.24) is 5.32 Å². The molecule has 0 bridgehead atoms. The van der Waals surface area contributed by atoms with Crippen LogP contribution in [0.4, 0.5) is 5.69 Å². The van der Waals surface area contributed by atoms with Crippen LogP contribution in [0.1, 0.15) is 12.0 Å². The van der Waals surface area contributed by atoms with E-state index < -0.39 is 10.0 Å². The molecule has 1 amide bonds. The maximum absolute atomic E-state index is 12.3. The van der Waals surface area contributed by atoms with Gasteiger partial charge < -0.3 is 14.8 Å². The van der Waals surface area contributed by atoms with Crippen LogP contribution in [0.15, 0.2) is 48.5 Å². The molecule has 0 aliphatic rings. The van der Waals surface area contributed by atoms with Crippen LogP contribution in [0.2, 0.25) is 0 Å². The smallest absolute Gasteiger partial charge is 0.240 e. The Bertz CT molecular complexity index is 882. The van der Waals surface area contributed by atoms with Crippen LogP contribution in [0.3, 0.4) is 0 Å². The molecular formula is C20H26N2O5S. The fourth-order valence-electron chi connectivity index (χ4n) is 2.66. The quantitative estimate of drug-likeness (QED) is 0.612. The molecule has 152 valence electrons. The van der Waals surface area contributed by atoms with Gasteiger partial charge in [0.05, 0.1) is 26.2 Å². The molecule has 0 aromatic heterocycles. The monoisotopic (exact) mass is 406 g/mol. The molecule has 2 aromatic rings. The molecule has 0 spiro atoms. The number of aryl methyl sites for hydroxylation is 1. The van der Waals surface area contributed by atoms with Crippen LogP contribution in [0.25, 0.3) is 0 Å². The van der Waals surface area contributed by atoms with Gasteiger partial charge in [0.2, 0.25) is 15.9 Å². The zero-order valence-corrected chi connectivity index (χ0v) is 17.2. The number of benzene rings is 2. The van der Waals surface area contributed by atoms with E-state index in [9.17, 15) is 13.2 Å². The van der Waals surface area contributed by atoms with Gasteiger partial charge in [0, 0.05) is 12.6 Å². The van der Waals surface area contributed by atoms with Gasteiger partial charge in [-0.1, -0.05) is 18.2 Å². The molecule has 7 nitrogen and oxygen atoms in total. The summed E-state index contributed by atoms with van der Waals surface area (Å²) in [5, 5.41) is 2.78. The number of hydrogen-bond donors (Lipinski definition) is 1. The minimum absolute atomic E-state index is 0.283. The summed E-state index contributed by atoms with van der Waals surface area (Å²) in [4.78, 5) is 12.3. The number of methoxy groups -OCH3 is 2. The molecule has 0 radical (unpaired) electrons. The van der Waals surface area contributed by atoms with E-state index in [1.54, 1.807) is 31.4 Å². The van der Waals surface area contributed by atoms with E-state index in [1.807, 2.05) is 24.3 Å². The highest BCUT2D eigenvalue weighted by atomic mass is 32.2. The van der Waals surface area contributed by atoms with Crippen molar-refractivity contribution in [3.63, 3.8) is 0 Å². The van der Waals surface area contributed by atoms with Gasteiger partial charge in [0.25, 0.3) is 0 Å². The van der Waals surface area contributed by atoms with Crippen molar-refractivity contribution in [1.29, 1.82) is 0 Å². The summed E-state index contributed by atoms with van der Waals surface area (Å²) in [6.07, 6.45) is 2.62. The van der Waals surface area contributed by atoms with Crippen LogP contribution < -0.4 is 19.1 Å². The third-order valence-electron chi connectivity index (χ3n) is 4.15. The molecule has 0 unspecified atom stereocenters. The van der Waals surface area contributed by atoms with Gasteiger partial charge in [-0.3, -0.25) is 9.10 Å². The first kappa shape index (κ1) is 21.6. The number of ether oxygens (including phenoxy) is 2. The lowest BCUT2D eigenvalue weighted by molar-refractivity contribution is -0.119. The standard InChI is InChI=1S/C20H26N2O5S/c1-26-18-11-9-16(10-12-18)6-5-13-21-20(23)15-22(28(3,24)25)17-7-4-8-19(14-17)27-2/h4,7-12,14H,5-6,13,15H2,1-3H3,(H,21,23). The summed E-state index contributed by atoms with van der Waals surface area (Å²) in [6, 6.07) is 14.3. The Hall–Kier alpha value is -2.74. The molecule has 0 aliphatic heterocycles. The fourth-order valence-corrected chi connectivity index (χ4v) is 3.51. The zero-order valence-electron chi connectivity index (χ0n) is 16.3. The molecular weight excluding hydrogens is 380 g/mol. The van der Waals surface area contributed by atoms with Gasteiger partial charge in [-0.2, -0.15) is 0 Å². The average molecular weight is 407 g/mol. The van der Waals surface area contributed by atoms with Crippen molar-refractivity contribution < 1.29 is 22.7 Å². The Balaban J connectivity index is 1.89. The van der Waals surface area contributed by atoms with Gasteiger partial charge in [-0.15, -0.1) is 0 Å².